The predicted molar refractivity (Wildman–Crippen MR) is 153 cm³/mol. The van der Waals surface area contributed by atoms with Crippen LogP contribution in [0.4, 0.5) is 5.69 Å². The number of halogens is 1. The van der Waals surface area contributed by atoms with Crippen molar-refractivity contribution in [3.05, 3.63) is 93.3 Å². The summed E-state index contributed by atoms with van der Waals surface area (Å²) >= 11 is 12.8. The fourth-order valence-corrected chi connectivity index (χ4v) is 5.12. The SMILES string of the molecule is COc1cc(/C=C2\SC(=S)N(CCc3ccccc3)C2=O)ccc1OCC(=O)Nc1ccc(C)c(Cl)c1. The number of ether oxygens (including phenoxy) is 2. The summed E-state index contributed by atoms with van der Waals surface area (Å²) in [6.45, 7) is 2.21. The number of amides is 2. The molecular formula is C28H25ClN2O4S2. The van der Waals surface area contributed by atoms with E-state index in [4.69, 9.17) is 33.3 Å². The highest BCUT2D eigenvalue weighted by Crippen LogP contribution is 2.35. The summed E-state index contributed by atoms with van der Waals surface area (Å²) in [5.74, 6) is 0.412. The van der Waals surface area contributed by atoms with Gasteiger partial charge in [0.05, 0.1) is 12.0 Å². The van der Waals surface area contributed by atoms with Crippen LogP contribution in [0, 0.1) is 6.92 Å². The van der Waals surface area contributed by atoms with Gasteiger partial charge in [-0.1, -0.05) is 78.0 Å². The third-order valence-electron chi connectivity index (χ3n) is 5.64. The van der Waals surface area contributed by atoms with Gasteiger partial charge < -0.3 is 14.8 Å². The smallest absolute Gasteiger partial charge is 0.266 e. The van der Waals surface area contributed by atoms with Gasteiger partial charge in [-0.2, -0.15) is 0 Å². The van der Waals surface area contributed by atoms with Gasteiger partial charge in [0.15, 0.2) is 18.1 Å². The molecule has 1 aliphatic rings. The first kappa shape index (κ1) is 26.7. The molecule has 0 saturated carbocycles. The average molecular weight is 553 g/mol. The van der Waals surface area contributed by atoms with Gasteiger partial charge in [0.1, 0.15) is 4.32 Å². The van der Waals surface area contributed by atoms with Crippen molar-refractivity contribution in [3.8, 4) is 11.5 Å². The highest BCUT2D eigenvalue weighted by Gasteiger charge is 2.31. The van der Waals surface area contributed by atoms with Crippen LogP contribution in [0.25, 0.3) is 6.08 Å². The summed E-state index contributed by atoms with van der Waals surface area (Å²) in [7, 11) is 1.52. The third-order valence-corrected chi connectivity index (χ3v) is 7.43. The minimum Gasteiger partial charge on any atom is -0.493 e. The monoisotopic (exact) mass is 552 g/mol. The summed E-state index contributed by atoms with van der Waals surface area (Å²) in [5.41, 5.74) is 3.42. The van der Waals surface area contributed by atoms with Crippen molar-refractivity contribution in [3.63, 3.8) is 0 Å². The van der Waals surface area contributed by atoms with E-state index in [9.17, 15) is 9.59 Å². The predicted octanol–water partition coefficient (Wildman–Crippen LogP) is 6.12. The normalized spacial score (nSPS) is 14.2. The first-order valence-corrected chi connectivity index (χ1v) is 13.1. The molecule has 1 saturated heterocycles. The number of methoxy groups -OCH3 is 1. The number of hydrogen-bond acceptors (Lipinski definition) is 6. The summed E-state index contributed by atoms with van der Waals surface area (Å²) in [5, 5.41) is 3.33. The van der Waals surface area contributed by atoms with E-state index in [-0.39, 0.29) is 18.4 Å². The molecule has 0 atom stereocenters. The van der Waals surface area contributed by atoms with E-state index in [1.165, 1.54) is 18.9 Å². The van der Waals surface area contributed by atoms with E-state index >= 15 is 0 Å². The van der Waals surface area contributed by atoms with Crippen molar-refractivity contribution < 1.29 is 19.1 Å². The van der Waals surface area contributed by atoms with Crippen molar-refractivity contribution in [1.29, 1.82) is 0 Å². The molecule has 0 bridgehead atoms. The molecule has 0 unspecified atom stereocenters. The Bertz CT molecular complexity index is 1360. The standard InChI is InChI=1S/C28H25ClN2O4S2/c1-18-8-10-21(16-22(18)29)30-26(32)17-35-23-11-9-20(14-24(23)34-2)15-25-27(33)31(28(36)37-25)13-12-19-6-4-3-5-7-19/h3-11,14-16H,12-13,17H2,1-2H3,(H,30,32)/b25-15-. The van der Waals surface area contributed by atoms with Crippen LogP contribution < -0.4 is 14.8 Å². The maximum Gasteiger partial charge on any atom is 0.266 e. The lowest BCUT2D eigenvalue weighted by Gasteiger charge is -2.14. The lowest BCUT2D eigenvalue weighted by Crippen LogP contribution is -2.30. The van der Waals surface area contributed by atoms with E-state index in [0.29, 0.717) is 38.0 Å². The molecule has 4 rings (SSSR count). The molecule has 0 aliphatic carbocycles. The van der Waals surface area contributed by atoms with Gasteiger partial charge in [0.2, 0.25) is 0 Å². The first-order valence-electron chi connectivity index (χ1n) is 11.5. The van der Waals surface area contributed by atoms with Gasteiger partial charge in [0.25, 0.3) is 11.8 Å². The van der Waals surface area contributed by atoms with Crippen LogP contribution in [0.15, 0.2) is 71.6 Å². The molecule has 3 aromatic rings. The highest BCUT2D eigenvalue weighted by molar-refractivity contribution is 8.26. The molecule has 6 nitrogen and oxygen atoms in total. The van der Waals surface area contributed by atoms with E-state index < -0.39 is 0 Å². The quantitative estimate of drug-likeness (QED) is 0.255. The number of aryl methyl sites for hydroxylation is 1. The summed E-state index contributed by atoms with van der Waals surface area (Å²) < 4.78 is 11.7. The molecule has 1 aliphatic heterocycles. The van der Waals surface area contributed by atoms with E-state index in [2.05, 4.69) is 5.32 Å². The number of thiocarbonyl (C=S) groups is 1. The second-order valence-electron chi connectivity index (χ2n) is 8.28. The molecule has 190 valence electrons. The van der Waals surface area contributed by atoms with Gasteiger partial charge in [-0.25, -0.2) is 0 Å². The van der Waals surface area contributed by atoms with Crippen LogP contribution in [0.2, 0.25) is 5.02 Å². The maximum atomic E-state index is 13.0. The Hall–Kier alpha value is -3.33. The van der Waals surface area contributed by atoms with Crippen molar-refractivity contribution in [2.24, 2.45) is 0 Å². The molecule has 2 amide bonds. The Labute approximate surface area is 230 Å². The Morgan fingerprint density at radius 3 is 2.62 bits per heavy atom. The van der Waals surface area contributed by atoms with Gasteiger partial charge in [-0.05, 0) is 60.4 Å². The molecule has 1 N–H and O–H groups in total. The van der Waals surface area contributed by atoms with Crippen LogP contribution >= 0.6 is 35.6 Å². The van der Waals surface area contributed by atoms with Crippen LogP contribution in [-0.4, -0.2) is 41.3 Å². The molecule has 0 aromatic heterocycles. The zero-order chi connectivity index (χ0) is 26.4. The molecular weight excluding hydrogens is 528 g/mol. The molecule has 0 spiro atoms. The molecule has 9 heteroatoms. The number of nitrogens with one attached hydrogen (secondary N) is 1. The Morgan fingerprint density at radius 1 is 1.11 bits per heavy atom. The van der Waals surface area contributed by atoms with Crippen LogP contribution in [0.3, 0.4) is 0 Å². The maximum absolute atomic E-state index is 13.0. The first-order chi connectivity index (χ1) is 17.8. The Morgan fingerprint density at radius 2 is 1.89 bits per heavy atom. The van der Waals surface area contributed by atoms with Crippen LogP contribution in [0.5, 0.6) is 11.5 Å². The van der Waals surface area contributed by atoms with Gasteiger partial charge in [-0.3, -0.25) is 14.5 Å². The zero-order valence-corrected chi connectivity index (χ0v) is 22.7. The summed E-state index contributed by atoms with van der Waals surface area (Å²) in [4.78, 5) is 27.5. The molecule has 1 fully saturated rings. The van der Waals surface area contributed by atoms with Crippen molar-refractivity contribution in [2.75, 3.05) is 25.6 Å². The fourth-order valence-electron chi connectivity index (χ4n) is 3.63. The van der Waals surface area contributed by atoms with E-state index in [1.54, 1.807) is 41.3 Å². The number of nitrogens with zero attached hydrogens (tertiary/aromatic N) is 1. The third kappa shape index (κ3) is 6.91. The van der Waals surface area contributed by atoms with E-state index in [0.717, 1.165) is 23.1 Å². The number of carbonyl (C=O) groups is 2. The van der Waals surface area contributed by atoms with E-state index in [1.807, 2.05) is 43.3 Å². The number of hydrogen-bond donors (Lipinski definition) is 1. The fraction of sp³-hybridized carbons (Fsp3) is 0.179. The molecule has 1 heterocycles. The minimum atomic E-state index is -0.328. The molecule has 37 heavy (non-hydrogen) atoms. The lowest BCUT2D eigenvalue weighted by atomic mass is 10.1. The molecule has 0 radical (unpaired) electrons. The van der Waals surface area contributed by atoms with Gasteiger partial charge in [0, 0.05) is 17.3 Å². The Balaban J connectivity index is 1.38. The number of anilines is 1. The number of rotatable bonds is 9. The minimum absolute atomic E-state index is 0.113. The lowest BCUT2D eigenvalue weighted by molar-refractivity contribution is -0.122. The second kappa shape index (κ2) is 12.3. The van der Waals surface area contributed by atoms with Crippen molar-refractivity contribution >= 4 is 63.5 Å². The number of carbonyl (C=O) groups excluding carboxylic acids is 2. The number of thioether (sulfide) groups is 1. The largest absolute Gasteiger partial charge is 0.493 e. The van der Waals surface area contributed by atoms with Crippen LogP contribution in [-0.2, 0) is 16.0 Å². The zero-order valence-electron chi connectivity index (χ0n) is 20.3. The second-order valence-corrected chi connectivity index (χ2v) is 10.4. The molecule has 3 aromatic carbocycles. The summed E-state index contributed by atoms with van der Waals surface area (Å²) in [6, 6.07) is 20.5. The Kier molecular flexibility index (Phi) is 8.87. The van der Waals surface area contributed by atoms with Gasteiger partial charge >= 0.3 is 0 Å². The average Bonchev–Trinajstić information content (AvgIpc) is 3.16. The van der Waals surface area contributed by atoms with Crippen molar-refractivity contribution in [1.82, 2.24) is 4.90 Å². The highest BCUT2D eigenvalue weighted by atomic mass is 35.5. The van der Waals surface area contributed by atoms with Crippen molar-refractivity contribution in [2.45, 2.75) is 13.3 Å². The topological polar surface area (TPSA) is 67.9 Å². The van der Waals surface area contributed by atoms with Gasteiger partial charge in [-0.15, -0.1) is 0 Å². The summed E-state index contributed by atoms with van der Waals surface area (Å²) in [6.07, 6.45) is 2.51. The number of benzene rings is 3. The van der Waals surface area contributed by atoms with Crippen LogP contribution in [0.1, 0.15) is 16.7 Å².